The molecule has 0 radical (unpaired) electrons. The molecule has 0 atom stereocenters. The lowest BCUT2D eigenvalue weighted by Gasteiger charge is -2.30. The van der Waals surface area contributed by atoms with Gasteiger partial charge in [0.05, 0.1) is 0 Å². The molecule has 26 heavy (non-hydrogen) atoms. The number of anilines is 1. The molecule has 2 aromatic rings. The van der Waals surface area contributed by atoms with Crippen molar-refractivity contribution in [1.29, 1.82) is 0 Å². The van der Waals surface area contributed by atoms with E-state index in [0.29, 0.717) is 18.8 Å². The summed E-state index contributed by atoms with van der Waals surface area (Å²) in [4.78, 5) is 27.5. The Morgan fingerprint density at radius 2 is 1.54 bits per heavy atom. The molecule has 138 valence electrons. The quantitative estimate of drug-likeness (QED) is 0.757. The zero-order chi connectivity index (χ0) is 19.2. The second-order valence-corrected chi connectivity index (χ2v) is 6.93. The summed E-state index contributed by atoms with van der Waals surface area (Å²) in [5.41, 5.74) is 1.82. The van der Waals surface area contributed by atoms with Crippen LogP contribution in [0.2, 0.25) is 0 Å². The van der Waals surface area contributed by atoms with Gasteiger partial charge in [0, 0.05) is 18.8 Å². The lowest BCUT2D eigenvalue weighted by atomic mass is 9.89. The van der Waals surface area contributed by atoms with Crippen LogP contribution in [0.4, 0.5) is 5.69 Å². The van der Waals surface area contributed by atoms with Crippen molar-refractivity contribution in [3.63, 3.8) is 0 Å². The zero-order valence-electron chi connectivity index (χ0n) is 16.1. The van der Waals surface area contributed by atoms with Crippen molar-refractivity contribution in [2.75, 3.05) is 11.9 Å². The van der Waals surface area contributed by atoms with Gasteiger partial charge in [-0.15, -0.1) is 0 Å². The van der Waals surface area contributed by atoms with E-state index < -0.39 is 5.41 Å². The van der Waals surface area contributed by atoms with Crippen LogP contribution in [0, 0.1) is 5.41 Å². The summed E-state index contributed by atoms with van der Waals surface area (Å²) >= 11 is 0. The van der Waals surface area contributed by atoms with Crippen LogP contribution in [0.25, 0.3) is 0 Å². The predicted octanol–water partition coefficient (Wildman–Crippen LogP) is 4.26. The molecular formula is C22H28N2O2. The van der Waals surface area contributed by atoms with E-state index in [4.69, 9.17) is 0 Å². The first kappa shape index (κ1) is 19.7. The fraction of sp³-hybridized carbons (Fsp3) is 0.364. The number of carbonyl (C=O) groups is 2. The molecule has 4 nitrogen and oxygen atoms in total. The lowest BCUT2D eigenvalue weighted by molar-refractivity contribution is -0.146. The minimum atomic E-state index is -1.14. The molecule has 0 saturated carbocycles. The number of aryl methyl sites for hydroxylation is 1. The maximum Gasteiger partial charge on any atom is 0.239 e. The van der Waals surface area contributed by atoms with Gasteiger partial charge >= 0.3 is 0 Å². The Hall–Kier alpha value is -2.62. The molecule has 0 fully saturated rings. The highest BCUT2D eigenvalue weighted by molar-refractivity contribution is 6.09. The summed E-state index contributed by atoms with van der Waals surface area (Å²) < 4.78 is 0. The summed E-state index contributed by atoms with van der Waals surface area (Å²) in [6.45, 7) is 8.42. The highest BCUT2D eigenvalue weighted by Crippen LogP contribution is 2.23. The molecule has 0 spiro atoms. The number of rotatable bonds is 7. The standard InChI is InChI=1S/C22H28N2O2/c1-5-17-12-14-19(15-13-17)23-20(25)22(3,4)21(26)24(6-2)16-18-10-8-7-9-11-18/h7-15H,5-6,16H2,1-4H3,(H,23,25). The van der Waals surface area contributed by atoms with Crippen LogP contribution < -0.4 is 5.32 Å². The van der Waals surface area contributed by atoms with Crippen LogP contribution in [0.3, 0.4) is 0 Å². The molecule has 1 N–H and O–H groups in total. The van der Waals surface area contributed by atoms with E-state index in [0.717, 1.165) is 12.0 Å². The minimum absolute atomic E-state index is 0.175. The Bertz CT molecular complexity index is 736. The minimum Gasteiger partial charge on any atom is -0.338 e. The molecule has 4 heteroatoms. The maximum absolute atomic E-state index is 13.0. The Morgan fingerprint density at radius 1 is 0.923 bits per heavy atom. The number of hydrogen-bond acceptors (Lipinski definition) is 2. The molecule has 0 heterocycles. The molecule has 2 rings (SSSR count). The monoisotopic (exact) mass is 352 g/mol. The molecule has 2 aromatic carbocycles. The summed E-state index contributed by atoms with van der Waals surface area (Å²) in [6.07, 6.45) is 0.948. The van der Waals surface area contributed by atoms with Crippen LogP contribution in [-0.4, -0.2) is 23.3 Å². The predicted molar refractivity (Wildman–Crippen MR) is 106 cm³/mol. The Kier molecular flexibility index (Phi) is 6.56. The van der Waals surface area contributed by atoms with E-state index >= 15 is 0 Å². The van der Waals surface area contributed by atoms with E-state index in [1.165, 1.54) is 5.56 Å². The molecule has 0 aliphatic carbocycles. The van der Waals surface area contributed by atoms with Crippen molar-refractivity contribution in [2.24, 2.45) is 5.41 Å². The largest absolute Gasteiger partial charge is 0.338 e. The van der Waals surface area contributed by atoms with Crippen molar-refractivity contribution < 1.29 is 9.59 Å². The van der Waals surface area contributed by atoms with E-state index in [1.807, 2.05) is 61.5 Å². The second-order valence-electron chi connectivity index (χ2n) is 6.93. The average Bonchev–Trinajstić information content (AvgIpc) is 2.66. The van der Waals surface area contributed by atoms with Crippen LogP contribution in [0.5, 0.6) is 0 Å². The highest BCUT2D eigenvalue weighted by Gasteiger charge is 2.38. The van der Waals surface area contributed by atoms with E-state index in [-0.39, 0.29) is 11.8 Å². The zero-order valence-corrected chi connectivity index (χ0v) is 16.1. The third kappa shape index (κ3) is 4.72. The Balaban J connectivity index is 2.09. The molecule has 0 aromatic heterocycles. The van der Waals surface area contributed by atoms with Crippen molar-refractivity contribution in [3.05, 3.63) is 65.7 Å². The Morgan fingerprint density at radius 3 is 2.08 bits per heavy atom. The smallest absolute Gasteiger partial charge is 0.239 e. The van der Waals surface area contributed by atoms with Gasteiger partial charge in [-0.3, -0.25) is 9.59 Å². The normalized spacial score (nSPS) is 11.1. The first-order valence-electron chi connectivity index (χ1n) is 9.12. The second kappa shape index (κ2) is 8.65. The number of nitrogens with zero attached hydrogens (tertiary/aromatic N) is 1. The molecule has 0 bridgehead atoms. The number of benzene rings is 2. The number of hydrogen-bond donors (Lipinski definition) is 1. The van der Waals surface area contributed by atoms with Gasteiger partial charge in [0.1, 0.15) is 5.41 Å². The number of nitrogens with one attached hydrogen (secondary N) is 1. The number of carbonyl (C=O) groups excluding carboxylic acids is 2. The molecular weight excluding hydrogens is 324 g/mol. The van der Waals surface area contributed by atoms with Crippen LogP contribution >= 0.6 is 0 Å². The third-order valence-electron chi connectivity index (χ3n) is 4.61. The van der Waals surface area contributed by atoms with Gasteiger partial charge in [-0.1, -0.05) is 49.4 Å². The summed E-state index contributed by atoms with van der Waals surface area (Å²) in [5, 5.41) is 2.87. The summed E-state index contributed by atoms with van der Waals surface area (Å²) in [6, 6.07) is 17.5. The van der Waals surface area contributed by atoms with Gasteiger partial charge in [-0.2, -0.15) is 0 Å². The summed E-state index contributed by atoms with van der Waals surface area (Å²) in [7, 11) is 0. The molecule has 0 aliphatic rings. The van der Waals surface area contributed by atoms with Crippen LogP contribution in [-0.2, 0) is 22.6 Å². The first-order chi connectivity index (χ1) is 12.4. The van der Waals surface area contributed by atoms with Gasteiger partial charge in [0.15, 0.2) is 0 Å². The lowest BCUT2D eigenvalue weighted by Crippen LogP contribution is -2.47. The summed E-state index contributed by atoms with van der Waals surface area (Å²) in [5.74, 6) is -0.468. The molecule has 0 saturated heterocycles. The van der Waals surface area contributed by atoms with E-state index in [9.17, 15) is 9.59 Å². The maximum atomic E-state index is 13.0. The van der Waals surface area contributed by atoms with E-state index in [1.54, 1.807) is 18.7 Å². The van der Waals surface area contributed by atoms with Gasteiger partial charge in [-0.25, -0.2) is 0 Å². The van der Waals surface area contributed by atoms with Crippen molar-refractivity contribution >= 4 is 17.5 Å². The number of amides is 2. The van der Waals surface area contributed by atoms with E-state index in [2.05, 4.69) is 12.2 Å². The molecule has 0 unspecified atom stereocenters. The molecule has 2 amide bonds. The fourth-order valence-electron chi connectivity index (χ4n) is 2.73. The highest BCUT2D eigenvalue weighted by atomic mass is 16.2. The van der Waals surface area contributed by atoms with Crippen molar-refractivity contribution in [3.8, 4) is 0 Å². The SMILES string of the molecule is CCc1ccc(NC(=O)C(C)(C)C(=O)N(CC)Cc2ccccc2)cc1. The van der Waals surface area contributed by atoms with Gasteiger partial charge < -0.3 is 10.2 Å². The average molecular weight is 352 g/mol. The van der Waals surface area contributed by atoms with Crippen molar-refractivity contribution in [1.82, 2.24) is 4.90 Å². The van der Waals surface area contributed by atoms with Gasteiger partial charge in [0.2, 0.25) is 11.8 Å². The molecule has 0 aliphatic heterocycles. The van der Waals surface area contributed by atoms with Gasteiger partial charge in [0.25, 0.3) is 0 Å². The van der Waals surface area contributed by atoms with Crippen LogP contribution in [0.1, 0.15) is 38.8 Å². The van der Waals surface area contributed by atoms with Gasteiger partial charge in [-0.05, 0) is 50.5 Å². The Labute approximate surface area is 156 Å². The third-order valence-corrected chi connectivity index (χ3v) is 4.61. The fourth-order valence-corrected chi connectivity index (χ4v) is 2.73. The van der Waals surface area contributed by atoms with Crippen molar-refractivity contribution in [2.45, 2.75) is 40.7 Å². The topological polar surface area (TPSA) is 49.4 Å². The first-order valence-corrected chi connectivity index (χ1v) is 9.12. The van der Waals surface area contributed by atoms with Crippen LogP contribution in [0.15, 0.2) is 54.6 Å².